The smallest absolute Gasteiger partial charge is 0.245 e. The molecule has 0 aliphatic rings. The Balaban J connectivity index is 2.37. The molecule has 0 unspecified atom stereocenters. The summed E-state index contributed by atoms with van der Waals surface area (Å²) < 4.78 is 8.85. The van der Waals surface area contributed by atoms with Crippen LogP contribution >= 0.6 is 11.6 Å². The van der Waals surface area contributed by atoms with Gasteiger partial charge in [-0.05, 0) is 6.92 Å². The van der Waals surface area contributed by atoms with Crippen molar-refractivity contribution >= 4 is 22.8 Å². The molecule has 3 aromatic heterocycles. The standard InChI is InChI=1S/C12H13ClN6O/c1-7-8(5-18(2)17-7)19-9(4-13)16-10-11(19)14-6-15-12(10)20-3/h5-6H,4H2,1-3H3. The number of methoxy groups -OCH3 is 1. The van der Waals surface area contributed by atoms with Crippen molar-refractivity contribution in [3.8, 4) is 11.6 Å². The zero-order chi connectivity index (χ0) is 14.3. The molecule has 0 fully saturated rings. The van der Waals surface area contributed by atoms with Crippen molar-refractivity contribution in [3.63, 3.8) is 0 Å². The van der Waals surface area contributed by atoms with Gasteiger partial charge >= 0.3 is 0 Å². The number of alkyl halides is 1. The number of fused-ring (bicyclic) bond motifs is 1. The summed E-state index contributed by atoms with van der Waals surface area (Å²) in [6.07, 6.45) is 3.35. The summed E-state index contributed by atoms with van der Waals surface area (Å²) in [5.41, 5.74) is 3.01. The Kier molecular flexibility index (Phi) is 3.06. The quantitative estimate of drug-likeness (QED) is 0.686. The largest absolute Gasteiger partial charge is 0.479 e. The molecule has 0 aliphatic heterocycles. The van der Waals surface area contributed by atoms with Crippen LogP contribution in [0.4, 0.5) is 0 Å². The summed E-state index contributed by atoms with van der Waals surface area (Å²) in [5.74, 6) is 1.37. The summed E-state index contributed by atoms with van der Waals surface area (Å²) in [5, 5.41) is 4.34. The van der Waals surface area contributed by atoms with Gasteiger partial charge in [-0.2, -0.15) is 10.1 Å². The van der Waals surface area contributed by atoms with E-state index in [2.05, 4.69) is 20.1 Å². The summed E-state index contributed by atoms with van der Waals surface area (Å²) >= 11 is 6.01. The van der Waals surface area contributed by atoms with Crippen LogP contribution in [0.5, 0.6) is 5.88 Å². The van der Waals surface area contributed by atoms with Crippen molar-refractivity contribution < 1.29 is 4.74 Å². The Morgan fingerprint density at radius 1 is 1.35 bits per heavy atom. The number of hydrogen-bond acceptors (Lipinski definition) is 5. The van der Waals surface area contributed by atoms with Crippen LogP contribution in [0.25, 0.3) is 16.9 Å². The lowest BCUT2D eigenvalue weighted by Gasteiger charge is -2.05. The van der Waals surface area contributed by atoms with Gasteiger partial charge in [0.25, 0.3) is 0 Å². The number of rotatable bonds is 3. The fraction of sp³-hybridized carbons (Fsp3) is 0.333. The van der Waals surface area contributed by atoms with Crippen LogP contribution in [0.2, 0.25) is 0 Å². The third-order valence-corrected chi connectivity index (χ3v) is 3.26. The summed E-state index contributed by atoms with van der Waals surface area (Å²) in [7, 11) is 3.42. The van der Waals surface area contributed by atoms with Crippen molar-refractivity contribution in [3.05, 3.63) is 24.0 Å². The molecule has 0 bridgehead atoms. The fourth-order valence-corrected chi connectivity index (χ4v) is 2.39. The monoisotopic (exact) mass is 292 g/mol. The average Bonchev–Trinajstić information content (AvgIpc) is 2.97. The highest BCUT2D eigenvalue weighted by Crippen LogP contribution is 2.26. The number of imidazole rings is 1. The lowest BCUT2D eigenvalue weighted by Crippen LogP contribution is -2.01. The first kappa shape index (κ1) is 12.9. The number of hydrogen-bond donors (Lipinski definition) is 0. The second-order valence-electron chi connectivity index (χ2n) is 4.33. The third kappa shape index (κ3) is 1.82. The number of ether oxygens (including phenoxy) is 1. The van der Waals surface area contributed by atoms with Gasteiger partial charge in [-0.25, -0.2) is 9.97 Å². The number of aromatic nitrogens is 6. The maximum Gasteiger partial charge on any atom is 0.245 e. The summed E-state index contributed by atoms with van der Waals surface area (Å²) in [6, 6.07) is 0. The van der Waals surface area contributed by atoms with E-state index in [1.54, 1.807) is 11.8 Å². The van der Waals surface area contributed by atoms with E-state index >= 15 is 0 Å². The Morgan fingerprint density at radius 3 is 2.75 bits per heavy atom. The normalized spacial score (nSPS) is 11.2. The van der Waals surface area contributed by atoms with E-state index in [1.807, 2.05) is 24.7 Å². The highest BCUT2D eigenvalue weighted by atomic mass is 35.5. The van der Waals surface area contributed by atoms with E-state index in [1.165, 1.54) is 6.33 Å². The molecule has 3 aromatic rings. The Bertz CT molecular complexity index is 778. The van der Waals surface area contributed by atoms with Gasteiger partial charge in [0.05, 0.1) is 24.4 Å². The minimum atomic E-state index is 0.258. The number of halogens is 1. The minimum Gasteiger partial charge on any atom is -0.479 e. The average molecular weight is 293 g/mol. The van der Waals surface area contributed by atoms with Crippen LogP contribution in [-0.4, -0.2) is 36.4 Å². The highest BCUT2D eigenvalue weighted by molar-refractivity contribution is 6.17. The number of aryl methyl sites for hydroxylation is 2. The lowest BCUT2D eigenvalue weighted by molar-refractivity contribution is 0.401. The molecule has 20 heavy (non-hydrogen) atoms. The van der Waals surface area contributed by atoms with Gasteiger partial charge < -0.3 is 4.74 Å². The van der Waals surface area contributed by atoms with Crippen LogP contribution < -0.4 is 4.74 Å². The van der Waals surface area contributed by atoms with Gasteiger partial charge in [0.15, 0.2) is 11.2 Å². The van der Waals surface area contributed by atoms with Gasteiger partial charge in [0.1, 0.15) is 12.2 Å². The molecule has 7 nitrogen and oxygen atoms in total. The second-order valence-corrected chi connectivity index (χ2v) is 4.59. The Morgan fingerprint density at radius 2 is 2.15 bits per heavy atom. The van der Waals surface area contributed by atoms with Crippen LogP contribution in [-0.2, 0) is 12.9 Å². The van der Waals surface area contributed by atoms with E-state index in [9.17, 15) is 0 Å². The molecule has 0 aliphatic carbocycles. The van der Waals surface area contributed by atoms with Crippen molar-refractivity contribution in [2.24, 2.45) is 7.05 Å². The second kappa shape index (κ2) is 4.75. The molecule has 3 rings (SSSR count). The SMILES string of the molecule is COc1ncnc2c1nc(CCl)n2-c1cn(C)nc1C. The minimum absolute atomic E-state index is 0.258. The fourth-order valence-electron chi connectivity index (χ4n) is 2.22. The molecule has 0 saturated carbocycles. The molecule has 0 N–H and O–H groups in total. The molecule has 0 saturated heterocycles. The maximum atomic E-state index is 6.01. The predicted octanol–water partition coefficient (Wildman–Crippen LogP) is 1.60. The Labute approximate surface area is 120 Å². The molecule has 0 spiro atoms. The first-order chi connectivity index (χ1) is 9.65. The Hall–Kier alpha value is -2.15. The first-order valence-electron chi connectivity index (χ1n) is 5.98. The van der Waals surface area contributed by atoms with Crippen molar-refractivity contribution in [2.45, 2.75) is 12.8 Å². The van der Waals surface area contributed by atoms with Crippen LogP contribution in [0.15, 0.2) is 12.5 Å². The first-order valence-corrected chi connectivity index (χ1v) is 6.52. The molecule has 0 aromatic carbocycles. The van der Waals surface area contributed by atoms with Gasteiger partial charge in [-0.3, -0.25) is 9.25 Å². The molecular formula is C12H13ClN6O. The van der Waals surface area contributed by atoms with E-state index in [-0.39, 0.29) is 5.88 Å². The van der Waals surface area contributed by atoms with E-state index in [0.717, 1.165) is 11.4 Å². The molecule has 3 heterocycles. The topological polar surface area (TPSA) is 70.7 Å². The van der Waals surface area contributed by atoms with Crippen molar-refractivity contribution in [2.75, 3.05) is 7.11 Å². The highest BCUT2D eigenvalue weighted by Gasteiger charge is 2.19. The molecule has 8 heteroatoms. The van der Waals surface area contributed by atoms with Gasteiger partial charge in [-0.1, -0.05) is 0 Å². The molecule has 104 valence electrons. The van der Waals surface area contributed by atoms with Crippen LogP contribution in [0, 0.1) is 6.92 Å². The predicted molar refractivity (Wildman–Crippen MR) is 74.3 cm³/mol. The van der Waals surface area contributed by atoms with E-state index in [0.29, 0.717) is 22.9 Å². The van der Waals surface area contributed by atoms with Crippen LogP contribution in [0.3, 0.4) is 0 Å². The van der Waals surface area contributed by atoms with Gasteiger partial charge in [0, 0.05) is 13.2 Å². The molecule has 0 atom stereocenters. The van der Waals surface area contributed by atoms with Crippen LogP contribution in [0.1, 0.15) is 11.5 Å². The molecule has 0 radical (unpaired) electrons. The zero-order valence-electron chi connectivity index (χ0n) is 11.3. The van der Waals surface area contributed by atoms with Gasteiger partial charge in [-0.15, -0.1) is 11.6 Å². The van der Waals surface area contributed by atoms with Crippen molar-refractivity contribution in [1.82, 2.24) is 29.3 Å². The molecular weight excluding hydrogens is 280 g/mol. The van der Waals surface area contributed by atoms with Crippen molar-refractivity contribution in [1.29, 1.82) is 0 Å². The lowest BCUT2D eigenvalue weighted by atomic mass is 10.4. The molecule has 0 amide bonds. The van der Waals surface area contributed by atoms with Gasteiger partial charge in [0.2, 0.25) is 5.88 Å². The zero-order valence-corrected chi connectivity index (χ0v) is 12.1. The third-order valence-electron chi connectivity index (χ3n) is 3.02. The summed E-state index contributed by atoms with van der Waals surface area (Å²) in [4.78, 5) is 12.8. The van der Waals surface area contributed by atoms with E-state index in [4.69, 9.17) is 16.3 Å². The maximum absolute atomic E-state index is 6.01. The number of nitrogens with zero attached hydrogens (tertiary/aromatic N) is 6. The summed E-state index contributed by atoms with van der Waals surface area (Å²) in [6.45, 7) is 1.93. The van der Waals surface area contributed by atoms with E-state index < -0.39 is 0 Å².